The van der Waals surface area contributed by atoms with Crippen molar-refractivity contribution in [2.45, 2.75) is 24.1 Å². The Bertz CT molecular complexity index is 109. The molecule has 0 spiro atoms. The van der Waals surface area contributed by atoms with Crippen molar-refractivity contribution in [2.75, 3.05) is 19.8 Å². The minimum atomic E-state index is -0.142. The highest BCUT2D eigenvalue weighted by Crippen LogP contribution is 2.20. The molecule has 4 heteroatoms. The molecule has 68 valence electrons. The normalized spacial score (nSPS) is 15.5. The zero-order valence-electron chi connectivity index (χ0n) is 7.66. The summed E-state index contributed by atoms with van der Waals surface area (Å²) in [5, 5.41) is 0.294. The number of thiol groups is 1. The molecular formula is C7H18N2S2. The molecule has 0 aromatic carbocycles. The van der Waals surface area contributed by atoms with Gasteiger partial charge in [0.15, 0.2) is 0 Å². The minimum absolute atomic E-state index is 0.142. The first-order valence-electron chi connectivity index (χ1n) is 3.60. The van der Waals surface area contributed by atoms with Crippen LogP contribution in [0.3, 0.4) is 0 Å². The lowest BCUT2D eigenvalue weighted by atomic mass is 10.4. The van der Waals surface area contributed by atoms with E-state index in [9.17, 15) is 0 Å². The second kappa shape index (κ2) is 4.60. The van der Waals surface area contributed by atoms with Gasteiger partial charge < -0.3 is 5.73 Å². The molecule has 0 aromatic rings. The van der Waals surface area contributed by atoms with Gasteiger partial charge in [0.05, 0.1) is 10.2 Å². The predicted octanol–water partition coefficient (Wildman–Crippen LogP) is 1.23. The molecule has 2 nitrogen and oxygen atoms in total. The Balaban J connectivity index is 3.54. The van der Waals surface area contributed by atoms with E-state index in [1.54, 1.807) is 11.8 Å². The molecule has 11 heavy (non-hydrogen) atoms. The third-order valence-electron chi connectivity index (χ3n) is 1.20. The quantitative estimate of drug-likeness (QED) is 0.521. The van der Waals surface area contributed by atoms with Gasteiger partial charge in [-0.05, 0) is 27.9 Å². The summed E-state index contributed by atoms with van der Waals surface area (Å²) in [7, 11) is 4.03. The Morgan fingerprint density at radius 3 is 2.27 bits per heavy atom. The molecule has 0 aliphatic heterocycles. The number of hydrogen-bond donors (Lipinski definition) is 2. The van der Waals surface area contributed by atoms with Crippen LogP contribution in [-0.2, 0) is 0 Å². The molecule has 0 bridgehead atoms. The minimum Gasteiger partial charge on any atom is -0.317 e. The summed E-state index contributed by atoms with van der Waals surface area (Å²) < 4.78 is 0. The third kappa shape index (κ3) is 7.00. The summed E-state index contributed by atoms with van der Waals surface area (Å²) in [4.78, 5) is 1.93. The van der Waals surface area contributed by atoms with E-state index < -0.39 is 0 Å². The number of nitrogens with zero attached hydrogens (tertiary/aromatic N) is 1. The highest BCUT2D eigenvalue weighted by atomic mass is 32.2. The molecule has 0 aliphatic carbocycles. The average molecular weight is 194 g/mol. The van der Waals surface area contributed by atoms with Crippen LogP contribution in [0.4, 0.5) is 0 Å². The maximum Gasteiger partial charge on any atom is 0.0614 e. The van der Waals surface area contributed by atoms with E-state index in [-0.39, 0.29) is 4.87 Å². The van der Waals surface area contributed by atoms with Crippen molar-refractivity contribution >= 4 is 24.4 Å². The smallest absolute Gasteiger partial charge is 0.0614 e. The van der Waals surface area contributed by atoms with Crippen LogP contribution in [0.5, 0.6) is 0 Å². The van der Waals surface area contributed by atoms with E-state index >= 15 is 0 Å². The van der Waals surface area contributed by atoms with Gasteiger partial charge >= 0.3 is 0 Å². The monoisotopic (exact) mass is 194 g/mol. The van der Waals surface area contributed by atoms with Crippen molar-refractivity contribution in [3.63, 3.8) is 0 Å². The van der Waals surface area contributed by atoms with Gasteiger partial charge in [-0.3, -0.25) is 4.90 Å². The molecule has 0 saturated carbocycles. The highest BCUT2D eigenvalue weighted by molar-refractivity contribution is 8.01. The first-order valence-corrected chi connectivity index (χ1v) is 5.10. The Morgan fingerprint density at radius 1 is 1.55 bits per heavy atom. The van der Waals surface area contributed by atoms with E-state index in [1.807, 2.05) is 27.9 Å². The molecule has 2 N–H and O–H groups in total. The second-order valence-corrected chi connectivity index (χ2v) is 5.63. The third-order valence-corrected chi connectivity index (χ3v) is 3.32. The van der Waals surface area contributed by atoms with Gasteiger partial charge in [-0.25, -0.2) is 0 Å². The molecule has 0 fully saturated rings. The van der Waals surface area contributed by atoms with Crippen molar-refractivity contribution in [1.82, 2.24) is 4.90 Å². The van der Waals surface area contributed by atoms with Crippen molar-refractivity contribution < 1.29 is 0 Å². The fraction of sp³-hybridized carbons (Fsp3) is 1.00. The summed E-state index contributed by atoms with van der Waals surface area (Å²) in [6, 6.07) is 0. The van der Waals surface area contributed by atoms with Crippen LogP contribution in [-0.4, -0.2) is 35.0 Å². The van der Waals surface area contributed by atoms with Gasteiger partial charge in [0, 0.05) is 5.75 Å². The standard InChI is InChI=1S/C7H18N2S2/c1-7(2,8)11-5-6(10)9(3)4/h6,10H,5,8H2,1-4H3. The molecule has 0 rings (SSSR count). The molecule has 0 aromatic heterocycles. The average Bonchev–Trinajstić information content (AvgIpc) is 1.80. The van der Waals surface area contributed by atoms with E-state index in [0.717, 1.165) is 5.75 Å². The Hall–Kier alpha value is 0.620. The first-order chi connectivity index (χ1) is 4.83. The van der Waals surface area contributed by atoms with Crippen molar-refractivity contribution in [3.05, 3.63) is 0 Å². The summed E-state index contributed by atoms with van der Waals surface area (Å²) >= 11 is 6.12. The summed E-state index contributed by atoms with van der Waals surface area (Å²) in [6.07, 6.45) is 0. The van der Waals surface area contributed by atoms with Crippen LogP contribution in [0.15, 0.2) is 0 Å². The fourth-order valence-electron chi connectivity index (χ4n) is 0.438. The summed E-state index contributed by atoms with van der Waals surface area (Å²) in [5.41, 5.74) is 5.79. The van der Waals surface area contributed by atoms with E-state index in [4.69, 9.17) is 5.73 Å². The number of thioether (sulfide) groups is 1. The lowest BCUT2D eigenvalue weighted by molar-refractivity contribution is 0.408. The van der Waals surface area contributed by atoms with Gasteiger partial charge in [0.2, 0.25) is 0 Å². The molecule has 0 heterocycles. The molecular weight excluding hydrogens is 176 g/mol. The zero-order valence-corrected chi connectivity index (χ0v) is 9.38. The maximum atomic E-state index is 5.79. The van der Waals surface area contributed by atoms with Gasteiger partial charge in [-0.2, -0.15) is 12.6 Å². The van der Waals surface area contributed by atoms with Crippen LogP contribution in [0.1, 0.15) is 13.8 Å². The number of rotatable bonds is 4. The largest absolute Gasteiger partial charge is 0.317 e. The van der Waals surface area contributed by atoms with Crippen LogP contribution in [0.25, 0.3) is 0 Å². The molecule has 0 aliphatic rings. The molecule has 1 atom stereocenters. The first kappa shape index (κ1) is 11.6. The lowest BCUT2D eigenvalue weighted by Crippen LogP contribution is -2.32. The Labute approximate surface area is 79.3 Å². The topological polar surface area (TPSA) is 29.3 Å². The zero-order chi connectivity index (χ0) is 9.07. The van der Waals surface area contributed by atoms with E-state index in [0.29, 0.717) is 5.37 Å². The molecule has 0 amide bonds. The molecule has 1 unspecified atom stereocenters. The number of hydrogen-bond acceptors (Lipinski definition) is 4. The van der Waals surface area contributed by atoms with Gasteiger partial charge in [0.1, 0.15) is 0 Å². The van der Waals surface area contributed by atoms with Crippen LogP contribution in [0.2, 0.25) is 0 Å². The predicted molar refractivity (Wildman–Crippen MR) is 57.2 cm³/mol. The van der Waals surface area contributed by atoms with Crippen LogP contribution in [0, 0.1) is 0 Å². The second-order valence-electron chi connectivity index (χ2n) is 3.36. The lowest BCUT2D eigenvalue weighted by Gasteiger charge is -2.23. The van der Waals surface area contributed by atoms with E-state index in [2.05, 4.69) is 17.5 Å². The van der Waals surface area contributed by atoms with Gasteiger partial charge in [-0.15, -0.1) is 11.8 Å². The van der Waals surface area contributed by atoms with Crippen molar-refractivity contribution in [3.8, 4) is 0 Å². The SMILES string of the molecule is CN(C)C(S)CSC(C)(C)N. The van der Waals surface area contributed by atoms with Gasteiger partial charge in [-0.1, -0.05) is 0 Å². The molecule has 0 saturated heterocycles. The number of nitrogens with two attached hydrogens (primary N) is 1. The Kier molecular flexibility index (Phi) is 4.86. The highest BCUT2D eigenvalue weighted by Gasteiger charge is 2.14. The Morgan fingerprint density at radius 2 is 2.00 bits per heavy atom. The fourth-order valence-corrected chi connectivity index (χ4v) is 1.54. The molecule has 0 radical (unpaired) electrons. The maximum absolute atomic E-state index is 5.79. The summed E-state index contributed by atoms with van der Waals surface area (Å²) in [5.74, 6) is 0.958. The van der Waals surface area contributed by atoms with Crippen molar-refractivity contribution in [2.24, 2.45) is 5.73 Å². The van der Waals surface area contributed by atoms with Crippen LogP contribution >= 0.6 is 24.4 Å². The van der Waals surface area contributed by atoms with Gasteiger partial charge in [0.25, 0.3) is 0 Å². The van der Waals surface area contributed by atoms with Crippen LogP contribution < -0.4 is 5.73 Å². The van der Waals surface area contributed by atoms with Crippen molar-refractivity contribution in [1.29, 1.82) is 0 Å². The summed E-state index contributed by atoms with van der Waals surface area (Å²) in [6.45, 7) is 4.02. The van der Waals surface area contributed by atoms with E-state index in [1.165, 1.54) is 0 Å².